The number of rotatable bonds is 6. The lowest BCUT2D eigenvalue weighted by atomic mass is 9.94. The SMILES string of the molecule is COc1ccc(C(=O)N2CCC(NC(=O)[C@@H]3CCC[C@@H]3CN)CC2)cc1OC.Cl. The molecule has 0 bridgehead atoms. The maximum atomic E-state index is 12.8. The molecule has 3 N–H and O–H groups in total. The molecular formula is C21H32ClN3O4. The number of carbonyl (C=O) groups is 2. The number of methoxy groups -OCH3 is 2. The first-order chi connectivity index (χ1) is 13.6. The largest absolute Gasteiger partial charge is 0.493 e. The van der Waals surface area contributed by atoms with Crippen molar-refractivity contribution in [3.63, 3.8) is 0 Å². The van der Waals surface area contributed by atoms with Gasteiger partial charge in [0.15, 0.2) is 11.5 Å². The number of hydrogen-bond acceptors (Lipinski definition) is 5. The van der Waals surface area contributed by atoms with Crippen LogP contribution in [0.3, 0.4) is 0 Å². The summed E-state index contributed by atoms with van der Waals surface area (Å²) in [6.07, 6.45) is 4.60. The Morgan fingerprint density at radius 2 is 1.79 bits per heavy atom. The van der Waals surface area contributed by atoms with Gasteiger partial charge in [0, 0.05) is 30.6 Å². The van der Waals surface area contributed by atoms with Crippen molar-refractivity contribution in [3.8, 4) is 11.5 Å². The van der Waals surface area contributed by atoms with Gasteiger partial charge in [-0.05, 0) is 56.3 Å². The second kappa shape index (κ2) is 10.7. The fourth-order valence-electron chi connectivity index (χ4n) is 4.35. The average molecular weight is 426 g/mol. The number of piperidine rings is 1. The third kappa shape index (κ3) is 5.34. The second-order valence-corrected chi connectivity index (χ2v) is 7.68. The van der Waals surface area contributed by atoms with Gasteiger partial charge < -0.3 is 25.4 Å². The Morgan fingerprint density at radius 3 is 2.41 bits per heavy atom. The van der Waals surface area contributed by atoms with Crippen LogP contribution in [0.15, 0.2) is 18.2 Å². The van der Waals surface area contributed by atoms with Gasteiger partial charge >= 0.3 is 0 Å². The van der Waals surface area contributed by atoms with E-state index in [1.807, 2.05) is 4.90 Å². The molecule has 29 heavy (non-hydrogen) atoms. The van der Waals surface area contributed by atoms with Crippen LogP contribution < -0.4 is 20.5 Å². The van der Waals surface area contributed by atoms with Gasteiger partial charge in [-0.1, -0.05) is 6.42 Å². The van der Waals surface area contributed by atoms with E-state index in [0.29, 0.717) is 42.6 Å². The lowest BCUT2D eigenvalue weighted by Gasteiger charge is -2.33. The van der Waals surface area contributed by atoms with Gasteiger partial charge in [-0.3, -0.25) is 9.59 Å². The Kier molecular flexibility index (Phi) is 8.59. The Balaban J connectivity index is 0.00000300. The minimum absolute atomic E-state index is 0. The molecule has 0 spiro atoms. The monoisotopic (exact) mass is 425 g/mol. The highest BCUT2D eigenvalue weighted by Gasteiger charge is 2.33. The van der Waals surface area contributed by atoms with E-state index in [4.69, 9.17) is 15.2 Å². The summed E-state index contributed by atoms with van der Waals surface area (Å²) in [6, 6.07) is 5.34. The summed E-state index contributed by atoms with van der Waals surface area (Å²) >= 11 is 0. The normalized spacial score (nSPS) is 22.0. The summed E-state index contributed by atoms with van der Waals surface area (Å²) in [4.78, 5) is 27.2. The molecule has 8 heteroatoms. The number of hydrogen-bond donors (Lipinski definition) is 2. The van der Waals surface area contributed by atoms with E-state index in [2.05, 4.69) is 5.32 Å². The predicted octanol–water partition coefficient (Wildman–Crippen LogP) is 2.22. The number of amides is 2. The maximum absolute atomic E-state index is 12.8. The first kappa shape index (κ1) is 23.3. The maximum Gasteiger partial charge on any atom is 0.253 e. The molecule has 1 aliphatic carbocycles. The highest BCUT2D eigenvalue weighted by atomic mass is 35.5. The molecular weight excluding hydrogens is 394 g/mol. The van der Waals surface area contributed by atoms with Crippen LogP contribution in [-0.2, 0) is 4.79 Å². The number of halogens is 1. The number of nitrogens with one attached hydrogen (secondary N) is 1. The van der Waals surface area contributed by atoms with E-state index < -0.39 is 0 Å². The van der Waals surface area contributed by atoms with Gasteiger partial charge in [0.25, 0.3) is 5.91 Å². The molecule has 1 saturated heterocycles. The van der Waals surface area contributed by atoms with Crippen molar-refractivity contribution in [1.29, 1.82) is 0 Å². The minimum atomic E-state index is -0.0234. The molecule has 7 nitrogen and oxygen atoms in total. The molecule has 0 unspecified atom stereocenters. The average Bonchev–Trinajstić information content (AvgIpc) is 3.22. The lowest BCUT2D eigenvalue weighted by Crippen LogP contribution is -2.48. The van der Waals surface area contributed by atoms with Crippen LogP contribution in [0.2, 0.25) is 0 Å². The summed E-state index contributed by atoms with van der Waals surface area (Å²) in [6.45, 7) is 1.84. The third-order valence-electron chi connectivity index (χ3n) is 6.06. The topological polar surface area (TPSA) is 93.9 Å². The zero-order valence-corrected chi connectivity index (χ0v) is 18.0. The molecule has 1 aliphatic heterocycles. The summed E-state index contributed by atoms with van der Waals surface area (Å²) in [5.41, 5.74) is 6.38. The first-order valence-corrected chi connectivity index (χ1v) is 10.1. The van der Waals surface area contributed by atoms with Crippen molar-refractivity contribution in [2.75, 3.05) is 33.9 Å². The van der Waals surface area contributed by atoms with E-state index in [0.717, 1.165) is 32.1 Å². The van der Waals surface area contributed by atoms with Gasteiger partial charge in [0.1, 0.15) is 0 Å². The predicted molar refractivity (Wildman–Crippen MR) is 114 cm³/mol. The first-order valence-electron chi connectivity index (χ1n) is 10.1. The minimum Gasteiger partial charge on any atom is -0.493 e. The van der Waals surface area contributed by atoms with Crippen LogP contribution in [0.5, 0.6) is 11.5 Å². The molecule has 162 valence electrons. The molecule has 0 aromatic heterocycles. The molecule has 2 amide bonds. The quantitative estimate of drug-likeness (QED) is 0.728. The molecule has 1 heterocycles. The van der Waals surface area contributed by atoms with Crippen LogP contribution in [0.4, 0.5) is 0 Å². The Bertz CT molecular complexity index is 707. The fourth-order valence-corrected chi connectivity index (χ4v) is 4.35. The Labute approximate surface area is 178 Å². The third-order valence-corrected chi connectivity index (χ3v) is 6.06. The van der Waals surface area contributed by atoms with Crippen molar-refractivity contribution >= 4 is 24.2 Å². The molecule has 1 aromatic carbocycles. The fraction of sp³-hybridized carbons (Fsp3) is 0.619. The van der Waals surface area contributed by atoms with Gasteiger partial charge in [-0.15, -0.1) is 12.4 Å². The van der Waals surface area contributed by atoms with E-state index in [9.17, 15) is 9.59 Å². The molecule has 1 aromatic rings. The number of likely N-dealkylation sites (tertiary alicyclic amines) is 1. The standard InChI is InChI=1S/C21H31N3O4.ClH/c1-27-18-7-6-14(12-19(18)28-2)21(26)24-10-8-16(9-11-24)23-20(25)17-5-3-4-15(17)13-22;/h6-7,12,15-17H,3-5,8-11,13,22H2,1-2H3,(H,23,25);1H/t15-,17-;/m1./s1. The number of nitrogens with two attached hydrogens (primary N) is 1. The zero-order valence-electron chi connectivity index (χ0n) is 17.2. The molecule has 0 radical (unpaired) electrons. The highest BCUT2D eigenvalue weighted by molar-refractivity contribution is 5.95. The Hall–Kier alpha value is -1.99. The van der Waals surface area contributed by atoms with E-state index >= 15 is 0 Å². The number of ether oxygens (including phenoxy) is 2. The number of carbonyl (C=O) groups excluding carboxylic acids is 2. The number of nitrogens with zero attached hydrogens (tertiary/aromatic N) is 1. The second-order valence-electron chi connectivity index (χ2n) is 7.68. The van der Waals surface area contributed by atoms with Crippen molar-refractivity contribution in [1.82, 2.24) is 10.2 Å². The van der Waals surface area contributed by atoms with Crippen LogP contribution in [0.25, 0.3) is 0 Å². The van der Waals surface area contributed by atoms with Crippen LogP contribution in [0, 0.1) is 11.8 Å². The summed E-state index contributed by atoms with van der Waals surface area (Å²) in [5.74, 6) is 1.62. The van der Waals surface area contributed by atoms with Gasteiger partial charge in [-0.2, -0.15) is 0 Å². The van der Waals surface area contributed by atoms with Gasteiger partial charge in [0.2, 0.25) is 5.91 Å². The summed E-state index contributed by atoms with van der Waals surface area (Å²) in [5, 5.41) is 3.19. The van der Waals surface area contributed by atoms with Crippen LogP contribution in [-0.4, -0.2) is 56.6 Å². The summed E-state index contributed by atoms with van der Waals surface area (Å²) < 4.78 is 10.5. The van der Waals surface area contributed by atoms with E-state index in [1.54, 1.807) is 32.4 Å². The molecule has 3 rings (SSSR count). The van der Waals surface area contributed by atoms with Gasteiger partial charge in [-0.25, -0.2) is 0 Å². The Morgan fingerprint density at radius 1 is 1.10 bits per heavy atom. The van der Waals surface area contributed by atoms with Crippen LogP contribution in [0.1, 0.15) is 42.5 Å². The number of benzene rings is 1. The highest BCUT2D eigenvalue weighted by Crippen LogP contribution is 2.31. The van der Waals surface area contributed by atoms with E-state index in [1.165, 1.54) is 0 Å². The van der Waals surface area contributed by atoms with Crippen molar-refractivity contribution in [2.45, 2.75) is 38.1 Å². The molecule has 2 atom stereocenters. The van der Waals surface area contributed by atoms with Crippen LogP contribution >= 0.6 is 12.4 Å². The molecule has 2 aliphatic rings. The molecule has 1 saturated carbocycles. The van der Waals surface area contributed by atoms with Crippen molar-refractivity contribution in [2.24, 2.45) is 17.6 Å². The zero-order chi connectivity index (χ0) is 20.1. The van der Waals surface area contributed by atoms with Gasteiger partial charge in [0.05, 0.1) is 14.2 Å². The summed E-state index contributed by atoms with van der Waals surface area (Å²) in [7, 11) is 3.12. The molecule has 2 fully saturated rings. The van der Waals surface area contributed by atoms with Crippen molar-refractivity contribution in [3.05, 3.63) is 23.8 Å². The lowest BCUT2D eigenvalue weighted by molar-refractivity contribution is -0.126. The van der Waals surface area contributed by atoms with E-state index in [-0.39, 0.29) is 36.2 Å². The smallest absolute Gasteiger partial charge is 0.253 e. The van der Waals surface area contributed by atoms with Crippen molar-refractivity contribution < 1.29 is 19.1 Å².